The van der Waals surface area contributed by atoms with Crippen LogP contribution in [0.1, 0.15) is 13.8 Å². The summed E-state index contributed by atoms with van der Waals surface area (Å²) >= 11 is 0. The summed E-state index contributed by atoms with van der Waals surface area (Å²) in [4.78, 5) is 14.3. The first-order valence-corrected chi connectivity index (χ1v) is 10.4. The molecule has 0 spiro atoms. The third-order valence-electron chi connectivity index (χ3n) is 2.18. The van der Waals surface area contributed by atoms with E-state index in [-0.39, 0.29) is 32.0 Å². The van der Waals surface area contributed by atoms with Crippen LogP contribution in [0.3, 0.4) is 0 Å². The Bertz CT molecular complexity index is 712. The number of allylic oxidation sites excluding steroid dienone is 2. The second kappa shape index (κ2) is 15.1. The summed E-state index contributed by atoms with van der Waals surface area (Å²) in [6.45, 7) is 4.99. The van der Waals surface area contributed by atoms with Crippen molar-refractivity contribution in [2.75, 3.05) is 41.3 Å². The predicted octanol–water partition coefficient (Wildman–Crippen LogP) is 1.01. The summed E-state index contributed by atoms with van der Waals surface area (Å²) in [5, 5.41) is 9.98. The SMILES string of the molecule is CC(=O)/C=C(/C)[O-].CN(C)CCN(C)C.O=S(=O)([N-]S(=O)(=O)C(F)(F)F)C(F)(F)F.[Pd+2]. The molecule has 0 heterocycles. The van der Waals surface area contributed by atoms with Crippen LogP contribution < -0.4 is 5.11 Å². The van der Waals surface area contributed by atoms with Crippen LogP contribution in [0.25, 0.3) is 4.13 Å². The molecule has 0 aromatic carbocycles. The topological polar surface area (TPSA) is 129 Å². The fourth-order valence-electron chi connectivity index (χ4n) is 0.900. The number of hydrogen-bond donors (Lipinski definition) is 0. The fraction of sp³-hybridized carbons (Fsp3) is 0.769. The van der Waals surface area contributed by atoms with Crippen molar-refractivity contribution in [3.05, 3.63) is 16.0 Å². The van der Waals surface area contributed by atoms with Gasteiger partial charge in [-0.25, -0.2) is 16.8 Å². The average molecular weight is 602 g/mol. The number of carbonyl (C=O) groups excluding carboxylic acids is 1. The molecule has 0 saturated carbocycles. The van der Waals surface area contributed by atoms with Gasteiger partial charge in [0.05, 0.1) is 0 Å². The molecular formula is C13H23F6N3O6PdS2. The van der Waals surface area contributed by atoms with Gasteiger partial charge >= 0.3 is 31.4 Å². The third-order valence-corrected chi connectivity index (χ3v) is 4.92. The largest absolute Gasteiger partial charge is 2.00 e. The van der Waals surface area contributed by atoms with Gasteiger partial charge in [-0.2, -0.15) is 26.3 Å². The van der Waals surface area contributed by atoms with Crippen LogP contribution >= 0.6 is 0 Å². The number of ketones is 1. The van der Waals surface area contributed by atoms with Gasteiger partial charge < -0.3 is 19.0 Å². The first kappa shape index (κ1) is 37.5. The maximum absolute atomic E-state index is 11.4. The Balaban J connectivity index is -0.000000193. The number of sulfonamides is 2. The minimum Gasteiger partial charge on any atom is -0.876 e. The molecule has 0 aliphatic heterocycles. The first-order chi connectivity index (χ1) is 13.0. The molecule has 0 atom stereocenters. The number of rotatable bonds is 6. The van der Waals surface area contributed by atoms with Gasteiger partial charge in [0.1, 0.15) is 0 Å². The van der Waals surface area contributed by atoms with Crippen LogP contribution in [0.4, 0.5) is 26.3 Å². The summed E-state index contributed by atoms with van der Waals surface area (Å²) in [6.07, 6.45) is 1.06. The van der Waals surface area contributed by atoms with Gasteiger partial charge in [0.2, 0.25) is 0 Å². The van der Waals surface area contributed by atoms with Crippen LogP contribution in [-0.2, 0) is 45.3 Å². The van der Waals surface area contributed by atoms with E-state index < -0.39 is 31.1 Å². The molecule has 0 aliphatic rings. The Morgan fingerprint density at radius 2 is 1.10 bits per heavy atom. The molecule has 0 saturated heterocycles. The molecule has 0 unspecified atom stereocenters. The minimum atomic E-state index is -6.72. The van der Waals surface area contributed by atoms with E-state index in [9.17, 15) is 53.1 Å². The molecule has 31 heavy (non-hydrogen) atoms. The van der Waals surface area contributed by atoms with Crippen molar-refractivity contribution in [2.45, 2.75) is 24.9 Å². The van der Waals surface area contributed by atoms with Gasteiger partial charge in [-0.1, -0.05) is 6.92 Å². The molecule has 9 nitrogen and oxygen atoms in total. The number of hydrogen-bond acceptors (Lipinski definition) is 8. The molecule has 0 radical (unpaired) electrons. The van der Waals surface area contributed by atoms with E-state index in [4.69, 9.17) is 0 Å². The second-order valence-electron chi connectivity index (χ2n) is 5.89. The quantitative estimate of drug-likeness (QED) is 0.191. The number of nitrogens with zero attached hydrogens (tertiary/aromatic N) is 3. The molecule has 0 rings (SSSR count). The Hall–Kier alpha value is -0.768. The van der Waals surface area contributed by atoms with Gasteiger partial charge in [0.25, 0.3) is 0 Å². The van der Waals surface area contributed by atoms with Crippen molar-refractivity contribution in [3.8, 4) is 0 Å². The summed E-state index contributed by atoms with van der Waals surface area (Å²) < 4.78 is 109. The Morgan fingerprint density at radius 1 is 0.839 bits per heavy atom. The standard InChI is InChI=1S/C6H16N2.C5H8O2.C2F6NO4S2.Pd/c1-7(2)5-6-8(3)4;1-4(6)3-5(2)7;3-1(4,5)14(10,11)9-15(12,13)2(6,7)8;/h5-6H2,1-4H3;3,6H,1-2H3;;/q;;-1;+2/p-1/b;4-3-;;. The van der Waals surface area contributed by atoms with Gasteiger partial charge in [-0.05, 0) is 41.2 Å². The maximum Gasteiger partial charge on any atom is 2.00 e. The molecule has 18 heteroatoms. The smallest absolute Gasteiger partial charge is 0.876 e. The fourth-order valence-corrected chi connectivity index (χ4v) is 2.61. The van der Waals surface area contributed by atoms with Crippen LogP contribution in [0.2, 0.25) is 0 Å². The third kappa shape index (κ3) is 20.9. The normalized spacial score (nSPS) is 12.9. The predicted molar refractivity (Wildman–Crippen MR) is 94.9 cm³/mol. The molecule has 0 aromatic rings. The first-order valence-electron chi connectivity index (χ1n) is 7.48. The van der Waals surface area contributed by atoms with E-state index in [1.807, 2.05) is 0 Å². The zero-order valence-electron chi connectivity index (χ0n) is 17.2. The number of likely N-dealkylation sites (N-methyl/N-ethyl adjacent to an activating group) is 2. The number of alkyl halides is 6. The van der Waals surface area contributed by atoms with Crippen molar-refractivity contribution in [2.24, 2.45) is 0 Å². The van der Waals surface area contributed by atoms with Gasteiger partial charge in [0, 0.05) is 13.1 Å². The minimum absolute atomic E-state index is 0. The Morgan fingerprint density at radius 3 is 1.19 bits per heavy atom. The van der Waals surface area contributed by atoms with Crippen LogP contribution in [0, 0.1) is 0 Å². The Kier molecular flexibility index (Phi) is 18.3. The average Bonchev–Trinajstić information content (AvgIpc) is 2.41. The van der Waals surface area contributed by atoms with E-state index in [2.05, 4.69) is 38.0 Å². The zero-order chi connectivity index (χ0) is 25.1. The van der Waals surface area contributed by atoms with Crippen molar-refractivity contribution in [1.82, 2.24) is 9.80 Å². The summed E-state index contributed by atoms with van der Waals surface area (Å²) in [5.74, 6) is -0.375. The number of carbonyl (C=O) groups is 1. The molecule has 0 aromatic heterocycles. The van der Waals surface area contributed by atoms with Crippen molar-refractivity contribution < 1.29 is 73.5 Å². The van der Waals surface area contributed by atoms with Gasteiger partial charge in [0.15, 0.2) is 25.8 Å². The van der Waals surface area contributed by atoms with E-state index in [1.165, 1.54) is 13.8 Å². The molecule has 0 amide bonds. The molecule has 0 aliphatic carbocycles. The van der Waals surface area contributed by atoms with Crippen molar-refractivity contribution in [3.63, 3.8) is 0 Å². The zero-order valence-corrected chi connectivity index (χ0v) is 20.4. The summed E-state index contributed by atoms with van der Waals surface area (Å²) in [6, 6.07) is 0. The summed E-state index contributed by atoms with van der Waals surface area (Å²) in [7, 11) is -5.10. The van der Waals surface area contributed by atoms with E-state index in [0.717, 1.165) is 23.3 Å². The van der Waals surface area contributed by atoms with Crippen LogP contribution in [0.5, 0.6) is 0 Å². The monoisotopic (exact) mass is 601 g/mol. The maximum atomic E-state index is 11.4. The molecule has 190 valence electrons. The molecule has 0 N–H and O–H groups in total. The van der Waals surface area contributed by atoms with Crippen LogP contribution in [0.15, 0.2) is 11.8 Å². The van der Waals surface area contributed by atoms with Crippen molar-refractivity contribution in [1.29, 1.82) is 0 Å². The van der Waals surface area contributed by atoms with E-state index in [1.54, 1.807) is 0 Å². The van der Waals surface area contributed by atoms with Gasteiger partial charge in [-0.15, -0.1) is 5.76 Å². The summed E-state index contributed by atoms with van der Waals surface area (Å²) in [5.41, 5.74) is -12.4. The van der Waals surface area contributed by atoms with Gasteiger partial charge in [-0.3, -0.25) is 4.79 Å². The molecule has 0 fully saturated rings. The molecular weight excluding hydrogens is 579 g/mol. The number of halogens is 6. The van der Waals surface area contributed by atoms with Crippen molar-refractivity contribution >= 4 is 25.8 Å². The van der Waals surface area contributed by atoms with E-state index in [0.29, 0.717) is 0 Å². The van der Waals surface area contributed by atoms with Crippen LogP contribution in [-0.4, -0.2) is 84.7 Å². The van der Waals surface area contributed by atoms with E-state index >= 15 is 0 Å². The second-order valence-corrected chi connectivity index (χ2v) is 9.31. The Labute approximate surface area is 191 Å². The molecule has 0 bridgehead atoms.